The highest BCUT2D eigenvalue weighted by atomic mass is 19.1. The normalized spacial score (nSPS) is 15.6. The van der Waals surface area contributed by atoms with Gasteiger partial charge in [-0.2, -0.15) is 0 Å². The Labute approximate surface area is 109 Å². The number of nitrogens with zero attached hydrogens (tertiary/aromatic N) is 1. The summed E-state index contributed by atoms with van der Waals surface area (Å²) in [6.45, 7) is 0.546. The van der Waals surface area contributed by atoms with Crippen molar-refractivity contribution in [3.05, 3.63) is 30.0 Å². The molecule has 1 aliphatic rings. The number of carbonyl (C=O) groups excluding carboxylic acids is 1. The first-order valence-electron chi connectivity index (χ1n) is 6.14. The molecule has 0 unspecified atom stereocenters. The number of furan rings is 1. The van der Waals surface area contributed by atoms with Crippen LogP contribution in [0.5, 0.6) is 5.75 Å². The average Bonchev–Trinajstić information content (AvgIpc) is 2.80. The van der Waals surface area contributed by atoms with E-state index in [2.05, 4.69) is 0 Å². The highest BCUT2D eigenvalue weighted by Gasteiger charge is 2.32. The highest BCUT2D eigenvalue weighted by molar-refractivity contribution is 5.97. The molecule has 1 saturated heterocycles. The second-order valence-corrected chi connectivity index (χ2v) is 4.72. The molecule has 2 aromatic rings. The van der Waals surface area contributed by atoms with E-state index in [0.29, 0.717) is 24.4 Å². The number of ether oxygens (including phenoxy) is 1. The van der Waals surface area contributed by atoms with Gasteiger partial charge in [-0.1, -0.05) is 12.1 Å². The van der Waals surface area contributed by atoms with Gasteiger partial charge in [-0.3, -0.25) is 9.18 Å². The molecule has 19 heavy (non-hydrogen) atoms. The molecule has 4 nitrogen and oxygen atoms in total. The van der Waals surface area contributed by atoms with Crippen LogP contribution in [0.1, 0.15) is 10.6 Å². The van der Waals surface area contributed by atoms with E-state index in [-0.39, 0.29) is 24.3 Å². The van der Waals surface area contributed by atoms with Gasteiger partial charge in [-0.25, -0.2) is 0 Å². The number of amides is 1. The van der Waals surface area contributed by atoms with Gasteiger partial charge in [0.2, 0.25) is 0 Å². The monoisotopic (exact) mass is 263 g/mol. The van der Waals surface area contributed by atoms with Gasteiger partial charge in [0, 0.05) is 24.4 Å². The first-order chi connectivity index (χ1) is 9.22. The fourth-order valence-corrected chi connectivity index (χ4v) is 2.29. The van der Waals surface area contributed by atoms with E-state index in [1.165, 1.54) is 0 Å². The zero-order valence-electron chi connectivity index (χ0n) is 10.6. The van der Waals surface area contributed by atoms with Crippen LogP contribution in [0.15, 0.2) is 28.7 Å². The van der Waals surface area contributed by atoms with Crippen LogP contribution in [-0.4, -0.2) is 37.7 Å². The van der Waals surface area contributed by atoms with E-state index in [9.17, 15) is 9.18 Å². The highest BCUT2D eigenvalue weighted by Crippen LogP contribution is 2.30. The summed E-state index contributed by atoms with van der Waals surface area (Å²) in [7, 11) is 1.56. The number of halogens is 1. The SMILES string of the molecule is COc1cccc2cc(C(=O)N3CC(CF)C3)oc12. The van der Waals surface area contributed by atoms with Crippen LogP contribution in [0, 0.1) is 5.92 Å². The molecule has 3 rings (SSSR count). The van der Waals surface area contributed by atoms with Gasteiger partial charge >= 0.3 is 0 Å². The molecule has 0 bridgehead atoms. The fourth-order valence-electron chi connectivity index (χ4n) is 2.29. The smallest absolute Gasteiger partial charge is 0.289 e. The lowest BCUT2D eigenvalue weighted by atomic mass is 10.0. The molecule has 1 aromatic heterocycles. The Morgan fingerprint density at radius 2 is 2.32 bits per heavy atom. The maximum absolute atomic E-state index is 12.4. The topological polar surface area (TPSA) is 42.7 Å². The Kier molecular flexibility index (Phi) is 2.89. The average molecular weight is 263 g/mol. The summed E-state index contributed by atoms with van der Waals surface area (Å²) in [5, 5.41) is 0.824. The van der Waals surface area contributed by atoms with Crippen molar-refractivity contribution in [1.29, 1.82) is 0 Å². The Morgan fingerprint density at radius 3 is 3.00 bits per heavy atom. The van der Waals surface area contributed by atoms with Crippen molar-refractivity contribution >= 4 is 16.9 Å². The summed E-state index contributed by atoms with van der Waals surface area (Å²) in [4.78, 5) is 13.7. The predicted octanol–water partition coefficient (Wildman–Crippen LogP) is 2.48. The standard InChI is InChI=1S/C14H14FNO3/c1-18-11-4-2-3-10-5-12(19-13(10)11)14(17)16-7-9(6-15)8-16/h2-5,9H,6-8H2,1H3. The minimum absolute atomic E-state index is 0.0251. The van der Waals surface area contributed by atoms with E-state index in [1.807, 2.05) is 12.1 Å². The van der Waals surface area contributed by atoms with Crippen LogP contribution < -0.4 is 4.74 Å². The predicted molar refractivity (Wildman–Crippen MR) is 68.1 cm³/mol. The Bertz CT molecular complexity index is 616. The van der Waals surface area contributed by atoms with Crippen molar-refractivity contribution in [3.63, 3.8) is 0 Å². The number of carbonyl (C=O) groups is 1. The van der Waals surface area contributed by atoms with Crippen molar-refractivity contribution in [2.45, 2.75) is 0 Å². The maximum Gasteiger partial charge on any atom is 0.289 e. The van der Waals surface area contributed by atoms with Crippen LogP contribution in [0.2, 0.25) is 0 Å². The molecular weight excluding hydrogens is 249 g/mol. The third-order valence-electron chi connectivity index (χ3n) is 3.40. The summed E-state index contributed by atoms with van der Waals surface area (Å²) in [6, 6.07) is 7.18. The molecule has 5 heteroatoms. The first-order valence-corrected chi connectivity index (χ1v) is 6.14. The number of hydrogen-bond acceptors (Lipinski definition) is 3. The van der Waals surface area contributed by atoms with Crippen LogP contribution in [0.25, 0.3) is 11.0 Å². The zero-order chi connectivity index (χ0) is 13.4. The summed E-state index contributed by atoms with van der Waals surface area (Å²) in [5.74, 6) is 0.657. The van der Waals surface area contributed by atoms with E-state index < -0.39 is 0 Å². The second kappa shape index (κ2) is 4.57. The third kappa shape index (κ3) is 1.95. The molecule has 0 atom stereocenters. The van der Waals surface area contributed by atoms with Crippen LogP contribution in [0.4, 0.5) is 4.39 Å². The molecule has 100 valence electrons. The van der Waals surface area contributed by atoms with E-state index in [0.717, 1.165) is 5.39 Å². The van der Waals surface area contributed by atoms with Gasteiger partial charge < -0.3 is 14.1 Å². The van der Waals surface area contributed by atoms with E-state index in [1.54, 1.807) is 24.1 Å². The zero-order valence-corrected chi connectivity index (χ0v) is 10.6. The second-order valence-electron chi connectivity index (χ2n) is 4.72. The molecule has 0 aliphatic carbocycles. The fraction of sp³-hybridized carbons (Fsp3) is 0.357. The number of methoxy groups -OCH3 is 1. The summed E-state index contributed by atoms with van der Waals surface area (Å²) in [5.41, 5.74) is 0.566. The Balaban J connectivity index is 1.87. The van der Waals surface area contributed by atoms with Crippen molar-refractivity contribution < 1.29 is 18.3 Å². The number of rotatable bonds is 3. The lowest BCUT2D eigenvalue weighted by Gasteiger charge is -2.37. The molecule has 0 spiro atoms. The van der Waals surface area contributed by atoms with Gasteiger partial charge in [-0.05, 0) is 12.1 Å². The molecule has 2 heterocycles. The van der Waals surface area contributed by atoms with Crippen molar-refractivity contribution in [3.8, 4) is 5.75 Å². The number of likely N-dealkylation sites (tertiary alicyclic amines) is 1. The van der Waals surface area contributed by atoms with Crippen LogP contribution >= 0.6 is 0 Å². The van der Waals surface area contributed by atoms with Crippen molar-refractivity contribution in [2.75, 3.05) is 26.9 Å². The molecule has 1 amide bonds. The number of alkyl halides is 1. The van der Waals surface area contributed by atoms with Crippen LogP contribution in [-0.2, 0) is 0 Å². The van der Waals surface area contributed by atoms with Gasteiger partial charge in [0.15, 0.2) is 17.1 Å². The minimum Gasteiger partial charge on any atom is -0.493 e. The van der Waals surface area contributed by atoms with Gasteiger partial charge in [-0.15, -0.1) is 0 Å². The largest absolute Gasteiger partial charge is 0.493 e. The van der Waals surface area contributed by atoms with Crippen molar-refractivity contribution in [2.24, 2.45) is 5.92 Å². The third-order valence-corrected chi connectivity index (χ3v) is 3.40. The molecule has 0 radical (unpaired) electrons. The number of fused-ring (bicyclic) bond motifs is 1. The Morgan fingerprint density at radius 1 is 1.53 bits per heavy atom. The summed E-state index contributed by atoms with van der Waals surface area (Å²) in [6.07, 6.45) is 0. The minimum atomic E-state index is -0.377. The molecule has 1 aromatic carbocycles. The van der Waals surface area contributed by atoms with E-state index >= 15 is 0 Å². The van der Waals surface area contributed by atoms with Gasteiger partial charge in [0.1, 0.15) is 0 Å². The first kappa shape index (κ1) is 12.0. The summed E-state index contributed by atoms with van der Waals surface area (Å²) < 4.78 is 23.1. The van der Waals surface area contributed by atoms with E-state index in [4.69, 9.17) is 9.15 Å². The molecule has 1 aliphatic heterocycles. The molecule has 0 N–H and O–H groups in total. The molecule has 1 fully saturated rings. The molecule has 0 saturated carbocycles. The number of para-hydroxylation sites is 1. The Hall–Kier alpha value is -2.04. The lowest BCUT2D eigenvalue weighted by Crippen LogP contribution is -2.50. The maximum atomic E-state index is 12.4. The quantitative estimate of drug-likeness (QED) is 0.854. The molecular formula is C14H14FNO3. The van der Waals surface area contributed by atoms with Crippen molar-refractivity contribution in [1.82, 2.24) is 4.90 Å². The van der Waals surface area contributed by atoms with Gasteiger partial charge in [0.05, 0.1) is 13.8 Å². The van der Waals surface area contributed by atoms with Gasteiger partial charge in [0.25, 0.3) is 5.91 Å². The number of benzene rings is 1. The van der Waals surface area contributed by atoms with Crippen LogP contribution in [0.3, 0.4) is 0 Å². The summed E-state index contributed by atoms with van der Waals surface area (Å²) >= 11 is 0. The lowest BCUT2D eigenvalue weighted by molar-refractivity contribution is 0.0424. The number of hydrogen-bond donors (Lipinski definition) is 0.